The summed E-state index contributed by atoms with van der Waals surface area (Å²) in [4.78, 5) is 69.4. The van der Waals surface area contributed by atoms with E-state index in [0.29, 0.717) is 18.8 Å². The predicted octanol–water partition coefficient (Wildman–Crippen LogP) is 5.30. The van der Waals surface area contributed by atoms with Crippen LogP contribution in [0, 0.1) is 17.8 Å². The van der Waals surface area contributed by atoms with E-state index in [9.17, 15) is 19.2 Å². The lowest BCUT2D eigenvalue weighted by Crippen LogP contribution is -2.52. The van der Waals surface area contributed by atoms with Crippen LogP contribution in [0.4, 0.5) is 4.79 Å². The second-order valence-electron chi connectivity index (χ2n) is 14.0. The number of hydrogen-bond donors (Lipinski definition) is 4. The number of ether oxygens (including phenoxy) is 1. The smallest absolute Gasteiger partial charge is 0.407 e. The third-order valence-electron chi connectivity index (χ3n) is 10.1. The molecule has 13 heteroatoms. The number of carbonyl (C=O) groups is 4. The largest absolute Gasteiger partial charge is 0.453 e. The summed E-state index contributed by atoms with van der Waals surface area (Å²) in [7, 11) is 1.29. The molecule has 3 heterocycles. The molecule has 0 saturated carbocycles. The first-order valence-corrected chi connectivity index (χ1v) is 18.1. The van der Waals surface area contributed by atoms with E-state index in [1.54, 1.807) is 4.90 Å². The number of alkyl carbamates (subject to hydrolysis) is 1. The average molecular weight is 719 g/mol. The van der Waals surface area contributed by atoms with Crippen molar-refractivity contribution in [2.45, 2.75) is 84.6 Å². The van der Waals surface area contributed by atoms with Gasteiger partial charge in [0.15, 0.2) is 0 Å². The van der Waals surface area contributed by atoms with Crippen molar-refractivity contribution in [2.75, 3.05) is 13.7 Å². The van der Waals surface area contributed by atoms with Gasteiger partial charge in [-0.2, -0.15) is 0 Å². The number of aromatic amines is 2. The highest BCUT2D eigenvalue weighted by atomic mass is 16.5. The Balaban J connectivity index is 1.21. The Morgan fingerprint density at radius 2 is 1.77 bits per heavy atom. The molecule has 1 aliphatic heterocycles. The Kier molecular flexibility index (Phi) is 11.0. The molecule has 1 aliphatic rings. The second kappa shape index (κ2) is 15.8. The highest BCUT2D eigenvalue weighted by Gasteiger charge is 2.41. The minimum absolute atomic E-state index is 0.0105. The van der Waals surface area contributed by atoms with Gasteiger partial charge in [-0.05, 0) is 80.8 Å². The molecule has 4 atom stereocenters. The molecular formula is C40H46N8O5. The number of hydrogen-bond acceptors (Lipinski definition) is 7. The summed E-state index contributed by atoms with van der Waals surface area (Å²) in [5.74, 6) is 7.50. The molecule has 0 aliphatic carbocycles. The number of likely N-dealkylation sites (tertiary alicyclic amines) is 1. The van der Waals surface area contributed by atoms with Gasteiger partial charge in [0.05, 0.1) is 48.3 Å². The van der Waals surface area contributed by atoms with E-state index in [1.807, 2.05) is 88.0 Å². The van der Waals surface area contributed by atoms with Crippen LogP contribution in [-0.4, -0.2) is 85.8 Å². The van der Waals surface area contributed by atoms with E-state index in [4.69, 9.17) is 9.72 Å². The summed E-state index contributed by atoms with van der Waals surface area (Å²) in [5, 5.41) is 7.15. The SMILES string of the molecule is CC[C@H](C)N(Cc1nc2ccc(C#Cc3ccc4c(ccc5[nH]c([C@@H]6CC[C@H](C)N6C(=O)C(NC(=O)OC)C(C)C)nc54)c3)cc2[nH]1)C(=O)CNC=O. The van der Waals surface area contributed by atoms with Crippen LogP contribution in [0.2, 0.25) is 0 Å². The molecule has 0 spiro atoms. The molecule has 276 valence electrons. The molecular weight excluding hydrogens is 672 g/mol. The van der Waals surface area contributed by atoms with Gasteiger partial charge in [-0.15, -0.1) is 0 Å². The predicted molar refractivity (Wildman–Crippen MR) is 202 cm³/mol. The Hall–Kier alpha value is -5.90. The van der Waals surface area contributed by atoms with Crippen LogP contribution in [0.15, 0.2) is 48.5 Å². The number of imidazole rings is 2. The molecule has 1 fully saturated rings. The van der Waals surface area contributed by atoms with Gasteiger partial charge >= 0.3 is 6.09 Å². The molecule has 5 aromatic rings. The summed E-state index contributed by atoms with van der Waals surface area (Å²) in [6.45, 7) is 10.1. The van der Waals surface area contributed by atoms with Crippen molar-refractivity contribution >= 4 is 57.2 Å². The Labute approximate surface area is 308 Å². The van der Waals surface area contributed by atoms with Crippen molar-refractivity contribution < 1.29 is 23.9 Å². The van der Waals surface area contributed by atoms with Crippen LogP contribution in [0.25, 0.3) is 32.8 Å². The standard InChI is InChI=1S/C40H46N8O5/c1-7-24(4)47(35(50)20-41-22-49)21-34-42-30-15-12-27(19-32(30)43-34)10-9-26-11-14-29-28(18-26)13-16-31-37(29)45-38(44-31)33-17-8-25(5)48(33)39(51)36(23(2)3)46-40(52)53-6/h11-16,18-19,22-25,33,36H,7-8,17,20-21H2,1-6H3,(H,41,49)(H,42,43)(H,44,45)(H,46,52)/t24-,25-,33-,36?/m0/s1. The summed E-state index contributed by atoms with van der Waals surface area (Å²) in [6.07, 6.45) is 2.25. The zero-order valence-electron chi connectivity index (χ0n) is 30.9. The van der Waals surface area contributed by atoms with Crippen molar-refractivity contribution in [3.8, 4) is 11.8 Å². The molecule has 4 N–H and O–H groups in total. The Bertz CT molecular complexity index is 2230. The van der Waals surface area contributed by atoms with Crippen LogP contribution in [0.3, 0.4) is 0 Å². The van der Waals surface area contributed by atoms with Crippen LogP contribution < -0.4 is 10.6 Å². The fourth-order valence-corrected chi connectivity index (χ4v) is 7.00. The lowest BCUT2D eigenvalue weighted by Gasteiger charge is -2.32. The molecule has 1 unspecified atom stereocenters. The monoisotopic (exact) mass is 718 g/mol. The zero-order chi connectivity index (χ0) is 37.8. The maximum absolute atomic E-state index is 13.8. The topological polar surface area (TPSA) is 165 Å². The van der Waals surface area contributed by atoms with E-state index >= 15 is 0 Å². The minimum Gasteiger partial charge on any atom is -0.453 e. The molecule has 4 amide bonds. The number of methoxy groups -OCH3 is 1. The number of fused-ring (bicyclic) bond motifs is 4. The highest BCUT2D eigenvalue weighted by molar-refractivity contribution is 6.04. The van der Waals surface area contributed by atoms with Gasteiger partial charge in [-0.3, -0.25) is 14.4 Å². The van der Waals surface area contributed by atoms with E-state index in [2.05, 4.69) is 37.4 Å². The second-order valence-corrected chi connectivity index (χ2v) is 14.0. The van der Waals surface area contributed by atoms with Crippen molar-refractivity contribution in [3.05, 3.63) is 71.3 Å². The van der Waals surface area contributed by atoms with E-state index in [1.165, 1.54) is 7.11 Å². The average Bonchev–Trinajstić information content (AvgIpc) is 3.89. The van der Waals surface area contributed by atoms with Crippen LogP contribution >= 0.6 is 0 Å². The third-order valence-corrected chi connectivity index (χ3v) is 10.1. The first-order valence-electron chi connectivity index (χ1n) is 18.1. The molecule has 0 bridgehead atoms. The summed E-state index contributed by atoms with van der Waals surface area (Å²) >= 11 is 0. The van der Waals surface area contributed by atoms with Crippen LogP contribution in [0.1, 0.15) is 82.7 Å². The van der Waals surface area contributed by atoms with Gasteiger partial charge in [0, 0.05) is 28.6 Å². The van der Waals surface area contributed by atoms with Gasteiger partial charge in [0.1, 0.15) is 17.7 Å². The molecule has 2 aromatic heterocycles. The van der Waals surface area contributed by atoms with Gasteiger partial charge in [0.2, 0.25) is 18.2 Å². The molecule has 3 aromatic carbocycles. The lowest BCUT2D eigenvalue weighted by atomic mass is 10.0. The number of benzene rings is 3. The summed E-state index contributed by atoms with van der Waals surface area (Å²) in [6, 6.07) is 14.9. The first kappa shape index (κ1) is 36.9. The number of H-pyrrole nitrogens is 2. The van der Waals surface area contributed by atoms with E-state index < -0.39 is 12.1 Å². The number of amides is 4. The molecule has 53 heavy (non-hydrogen) atoms. The van der Waals surface area contributed by atoms with Crippen LogP contribution in [-0.2, 0) is 25.7 Å². The molecule has 13 nitrogen and oxygen atoms in total. The number of nitrogens with zero attached hydrogens (tertiary/aromatic N) is 4. The summed E-state index contributed by atoms with van der Waals surface area (Å²) < 4.78 is 4.79. The van der Waals surface area contributed by atoms with Crippen molar-refractivity contribution in [1.82, 2.24) is 40.4 Å². The first-order chi connectivity index (χ1) is 25.5. The highest BCUT2D eigenvalue weighted by Crippen LogP contribution is 2.37. The Morgan fingerprint density at radius 3 is 2.49 bits per heavy atom. The Morgan fingerprint density at radius 1 is 1.02 bits per heavy atom. The van der Waals surface area contributed by atoms with Crippen LogP contribution in [0.5, 0.6) is 0 Å². The molecule has 6 rings (SSSR count). The van der Waals surface area contributed by atoms with Gasteiger partial charge in [0.25, 0.3) is 0 Å². The van der Waals surface area contributed by atoms with E-state index in [0.717, 1.165) is 69.1 Å². The summed E-state index contributed by atoms with van der Waals surface area (Å²) in [5.41, 5.74) is 4.97. The zero-order valence-corrected chi connectivity index (χ0v) is 30.9. The maximum Gasteiger partial charge on any atom is 0.407 e. The molecule has 1 saturated heterocycles. The van der Waals surface area contributed by atoms with Gasteiger partial charge in [-0.1, -0.05) is 44.7 Å². The number of aromatic nitrogens is 4. The van der Waals surface area contributed by atoms with Crippen molar-refractivity contribution in [1.29, 1.82) is 0 Å². The maximum atomic E-state index is 13.8. The number of nitrogens with one attached hydrogen (secondary N) is 4. The fourth-order valence-electron chi connectivity index (χ4n) is 7.00. The van der Waals surface area contributed by atoms with E-state index in [-0.39, 0.29) is 42.4 Å². The third kappa shape index (κ3) is 7.82. The van der Waals surface area contributed by atoms with Gasteiger partial charge in [-0.25, -0.2) is 14.8 Å². The minimum atomic E-state index is -0.713. The number of rotatable bonds is 11. The fraction of sp³-hybridized carbons (Fsp3) is 0.400. The quantitative estimate of drug-likeness (QED) is 0.106. The van der Waals surface area contributed by atoms with Crippen molar-refractivity contribution in [2.24, 2.45) is 5.92 Å². The molecule has 0 radical (unpaired) electrons. The number of carbonyl (C=O) groups excluding carboxylic acids is 4. The van der Waals surface area contributed by atoms with Crippen molar-refractivity contribution in [3.63, 3.8) is 0 Å². The van der Waals surface area contributed by atoms with Gasteiger partial charge < -0.3 is 35.1 Å². The normalized spacial score (nSPS) is 16.7. The lowest BCUT2D eigenvalue weighted by molar-refractivity contribution is -0.137.